The van der Waals surface area contributed by atoms with Gasteiger partial charge in [0.2, 0.25) is 12.2 Å². The molecule has 0 radical (unpaired) electrons. The van der Waals surface area contributed by atoms with Crippen molar-refractivity contribution in [1.29, 1.82) is 0 Å². The molecule has 5 heterocycles. The molecule has 0 bridgehead atoms. The van der Waals surface area contributed by atoms with Crippen LogP contribution in [-0.4, -0.2) is 62.9 Å². The zero-order chi connectivity index (χ0) is 23.2. The Balaban J connectivity index is 1.23. The van der Waals surface area contributed by atoms with E-state index in [4.69, 9.17) is 8.94 Å². The van der Waals surface area contributed by atoms with Gasteiger partial charge in [-0.2, -0.15) is 4.98 Å². The van der Waals surface area contributed by atoms with E-state index in [-0.39, 0.29) is 16.8 Å². The Kier molecular flexibility index (Phi) is 4.61. The van der Waals surface area contributed by atoms with E-state index in [1.807, 2.05) is 17.0 Å². The number of carbonyl (C=O) groups is 2. The minimum Gasteiger partial charge on any atom is -0.460 e. The molecule has 5 aromatic rings. The number of Topliss-reactive ketones (excluding diaryl/α,β-unsaturated/α-hetero) is 1. The van der Waals surface area contributed by atoms with Gasteiger partial charge < -0.3 is 23.7 Å². The van der Waals surface area contributed by atoms with Crippen molar-refractivity contribution in [3.05, 3.63) is 60.7 Å². The van der Waals surface area contributed by atoms with E-state index in [2.05, 4.69) is 20.1 Å². The van der Waals surface area contributed by atoms with Crippen molar-refractivity contribution < 1.29 is 22.9 Å². The first-order chi connectivity index (χ1) is 16.6. The molecule has 11 heteroatoms. The van der Waals surface area contributed by atoms with Gasteiger partial charge in [0.15, 0.2) is 11.4 Å². The van der Waals surface area contributed by atoms with Crippen molar-refractivity contribution >= 4 is 39.4 Å². The van der Waals surface area contributed by atoms with Crippen LogP contribution in [0.3, 0.4) is 0 Å². The van der Waals surface area contributed by atoms with Crippen molar-refractivity contribution in [2.24, 2.45) is 0 Å². The van der Waals surface area contributed by atoms with Crippen molar-refractivity contribution in [2.45, 2.75) is 0 Å². The number of fused-ring (bicyclic) bond motifs is 2. The van der Waals surface area contributed by atoms with Crippen LogP contribution in [-0.2, 0) is 4.79 Å². The summed E-state index contributed by atoms with van der Waals surface area (Å²) in [4.78, 5) is 40.9. The number of hydrogen-bond acceptors (Lipinski definition) is 8. The van der Waals surface area contributed by atoms with Crippen LogP contribution in [0.5, 0.6) is 0 Å². The van der Waals surface area contributed by atoms with Gasteiger partial charge in [-0.15, -0.1) is 0 Å². The number of anilines is 1. The molecule has 10 nitrogen and oxygen atoms in total. The SMILES string of the molecule is O=C(C(=O)N1CCN(c2nccc3ccoc23)CC1)c1c[nH]c2c(-c3ncon3)ccc(F)c12. The molecule has 34 heavy (non-hydrogen) atoms. The Labute approximate surface area is 191 Å². The fraction of sp³-hybridized carbons (Fsp3) is 0.174. The van der Waals surface area contributed by atoms with E-state index in [1.54, 1.807) is 12.5 Å². The summed E-state index contributed by atoms with van der Waals surface area (Å²) in [7, 11) is 0. The van der Waals surface area contributed by atoms with Crippen LogP contribution in [0.15, 0.2) is 58.3 Å². The lowest BCUT2D eigenvalue weighted by atomic mass is 10.0. The number of nitrogens with one attached hydrogen (secondary N) is 1. The van der Waals surface area contributed by atoms with Crippen LogP contribution in [0.2, 0.25) is 0 Å². The summed E-state index contributed by atoms with van der Waals surface area (Å²) in [5, 5.41) is 4.74. The van der Waals surface area contributed by atoms with Gasteiger partial charge in [-0.3, -0.25) is 9.59 Å². The van der Waals surface area contributed by atoms with E-state index in [1.165, 1.54) is 23.2 Å². The molecular formula is C23H17FN6O4. The number of hydrogen-bond donors (Lipinski definition) is 1. The second-order valence-electron chi connectivity index (χ2n) is 7.88. The molecule has 1 aliphatic rings. The second-order valence-corrected chi connectivity index (χ2v) is 7.88. The van der Waals surface area contributed by atoms with E-state index in [9.17, 15) is 14.0 Å². The van der Waals surface area contributed by atoms with E-state index < -0.39 is 17.5 Å². The lowest BCUT2D eigenvalue weighted by Crippen LogP contribution is -2.50. The smallest absolute Gasteiger partial charge is 0.295 e. The first-order valence-electron chi connectivity index (χ1n) is 10.6. The molecule has 6 rings (SSSR count). The number of aromatic amines is 1. The second kappa shape index (κ2) is 7.80. The topological polar surface area (TPSA) is 121 Å². The van der Waals surface area contributed by atoms with Crippen molar-refractivity contribution in [3.8, 4) is 11.4 Å². The van der Waals surface area contributed by atoms with Gasteiger partial charge in [0, 0.05) is 54.9 Å². The Morgan fingerprint density at radius 2 is 1.91 bits per heavy atom. The summed E-state index contributed by atoms with van der Waals surface area (Å²) in [6.07, 6.45) is 5.82. The fourth-order valence-corrected chi connectivity index (χ4v) is 4.35. The number of amides is 1. The number of benzene rings is 1. The molecule has 0 unspecified atom stereocenters. The van der Waals surface area contributed by atoms with Gasteiger partial charge >= 0.3 is 0 Å². The predicted octanol–water partition coefficient (Wildman–Crippen LogP) is 3.03. The molecule has 0 spiro atoms. The molecule has 4 aromatic heterocycles. The first-order valence-corrected chi connectivity index (χ1v) is 10.6. The average molecular weight is 460 g/mol. The van der Waals surface area contributed by atoms with Gasteiger partial charge in [-0.25, -0.2) is 9.37 Å². The Bertz CT molecular complexity index is 1530. The number of rotatable bonds is 4. The lowest BCUT2D eigenvalue weighted by Gasteiger charge is -2.34. The molecule has 1 aliphatic heterocycles. The molecule has 170 valence electrons. The highest BCUT2D eigenvalue weighted by molar-refractivity contribution is 6.45. The van der Waals surface area contributed by atoms with Crippen molar-refractivity contribution in [2.75, 3.05) is 31.1 Å². The summed E-state index contributed by atoms with van der Waals surface area (Å²) in [5.74, 6) is -1.15. The number of furan rings is 1. The summed E-state index contributed by atoms with van der Waals surface area (Å²) in [5.41, 5.74) is 1.43. The highest BCUT2D eigenvalue weighted by Gasteiger charge is 2.30. The van der Waals surface area contributed by atoms with Gasteiger partial charge in [0.1, 0.15) is 5.82 Å². The highest BCUT2D eigenvalue weighted by Crippen LogP contribution is 2.31. The first kappa shape index (κ1) is 20.1. The maximum Gasteiger partial charge on any atom is 0.295 e. The minimum absolute atomic E-state index is 0.0213. The molecule has 1 fully saturated rings. The Hall–Kier alpha value is -4.54. The molecule has 1 aromatic carbocycles. The largest absolute Gasteiger partial charge is 0.460 e. The van der Waals surface area contributed by atoms with Crippen LogP contribution in [0.25, 0.3) is 33.3 Å². The summed E-state index contributed by atoms with van der Waals surface area (Å²) in [6, 6.07) is 6.43. The van der Waals surface area contributed by atoms with Crippen LogP contribution >= 0.6 is 0 Å². The van der Waals surface area contributed by atoms with Crippen LogP contribution < -0.4 is 4.90 Å². The number of piperazine rings is 1. The van der Waals surface area contributed by atoms with Gasteiger partial charge in [0.25, 0.3) is 11.7 Å². The zero-order valence-corrected chi connectivity index (χ0v) is 17.7. The number of pyridine rings is 1. The number of aromatic nitrogens is 4. The van der Waals surface area contributed by atoms with Crippen LogP contribution in [0.4, 0.5) is 10.2 Å². The number of carbonyl (C=O) groups excluding carboxylic acids is 2. The number of nitrogens with zero attached hydrogens (tertiary/aromatic N) is 5. The minimum atomic E-state index is -0.782. The predicted molar refractivity (Wildman–Crippen MR) is 119 cm³/mol. The normalized spacial score (nSPS) is 14.3. The molecule has 0 atom stereocenters. The number of H-pyrrole nitrogens is 1. The monoisotopic (exact) mass is 460 g/mol. The summed E-state index contributed by atoms with van der Waals surface area (Å²) < 4.78 is 25.1. The Morgan fingerprint density at radius 3 is 2.71 bits per heavy atom. The van der Waals surface area contributed by atoms with Crippen molar-refractivity contribution in [1.82, 2.24) is 25.0 Å². The standard InChI is InChI=1S/C23H17FN6O4/c24-16-2-1-14(21-27-12-34-28-21)18-17(16)15(11-26-18)19(31)23(32)30-8-6-29(7-9-30)22-20-13(3-5-25-22)4-10-33-20/h1-5,10-12,26H,6-9H2. The quantitative estimate of drug-likeness (QED) is 0.321. The summed E-state index contributed by atoms with van der Waals surface area (Å²) in [6.45, 7) is 1.61. The van der Waals surface area contributed by atoms with Gasteiger partial charge in [0.05, 0.1) is 17.3 Å². The van der Waals surface area contributed by atoms with Crippen LogP contribution in [0.1, 0.15) is 10.4 Å². The highest BCUT2D eigenvalue weighted by atomic mass is 19.1. The van der Waals surface area contributed by atoms with Gasteiger partial charge in [-0.1, -0.05) is 5.16 Å². The fourth-order valence-electron chi connectivity index (χ4n) is 4.35. The van der Waals surface area contributed by atoms with E-state index >= 15 is 0 Å². The average Bonchev–Trinajstić information content (AvgIpc) is 3.64. The molecule has 0 saturated carbocycles. The van der Waals surface area contributed by atoms with E-state index in [0.717, 1.165) is 11.8 Å². The summed E-state index contributed by atoms with van der Waals surface area (Å²) >= 11 is 0. The van der Waals surface area contributed by atoms with Crippen LogP contribution in [0, 0.1) is 5.82 Å². The molecular weight excluding hydrogens is 443 g/mol. The molecule has 1 N–H and O–H groups in total. The molecule has 1 saturated heterocycles. The molecule has 1 amide bonds. The third kappa shape index (κ3) is 3.12. The third-order valence-corrected chi connectivity index (χ3v) is 6.04. The molecule has 0 aliphatic carbocycles. The zero-order valence-electron chi connectivity index (χ0n) is 17.7. The maximum absolute atomic E-state index is 14.7. The Morgan fingerprint density at radius 1 is 1.06 bits per heavy atom. The van der Waals surface area contributed by atoms with E-state index in [0.29, 0.717) is 48.7 Å². The maximum atomic E-state index is 14.7. The van der Waals surface area contributed by atoms with Crippen molar-refractivity contribution in [3.63, 3.8) is 0 Å². The van der Waals surface area contributed by atoms with Gasteiger partial charge in [-0.05, 0) is 24.3 Å². The number of ketones is 1. The lowest BCUT2D eigenvalue weighted by molar-refractivity contribution is -0.126. The third-order valence-electron chi connectivity index (χ3n) is 6.04. The number of halogens is 1.